The molecule has 2 heterocycles. The number of benzene rings is 1. The number of piperidine rings is 1. The van der Waals surface area contributed by atoms with Gasteiger partial charge >= 0.3 is 0 Å². The van der Waals surface area contributed by atoms with Gasteiger partial charge in [-0.3, -0.25) is 4.79 Å². The van der Waals surface area contributed by atoms with Crippen molar-refractivity contribution in [3.63, 3.8) is 0 Å². The van der Waals surface area contributed by atoms with E-state index in [0.29, 0.717) is 23.4 Å². The topological polar surface area (TPSA) is 53.7 Å². The number of likely N-dealkylation sites (tertiary alicyclic amines) is 1. The molecule has 6 heteroatoms. The second kappa shape index (κ2) is 6.41. The molecule has 2 aromatic rings. The van der Waals surface area contributed by atoms with Gasteiger partial charge in [-0.05, 0) is 37.3 Å². The molecule has 0 spiro atoms. The van der Waals surface area contributed by atoms with Gasteiger partial charge in [0, 0.05) is 23.5 Å². The molecular weight excluding hydrogens is 328 g/mol. The first-order valence-electron chi connectivity index (χ1n) is 8.86. The maximum Gasteiger partial charge on any atom is 0.227 e. The lowest BCUT2D eigenvalue weighted by atomic mass is 9.77. The molecule has 134 valence electrons. The van der Waals surface area contributed by atoms with Gasteiger partial charge in [0.2, 0.25) is 11.7 Å². The van der Waals surface area contributed by atoms with Crippen molar-refractivity contribution in [2.24, 2.45) is 5.92 Å². The van der Waals surface area contributed by atoms with E-state index < -0.39 is 17.7 Å². The number of carbonyl (C=O) groups is 1. The minimum absolute atomic E-state index is 0.0635. The van der Waals surface area contributed by atoms with Crippen molar-refractivity contribution in [2.45, 2.75) is 50.7 Å². The van der Waals surface area contributed by atoms with Crippen LogP contribution in [0.15, 0.2) is 22.8 Å². The minimum atomic E-state index is -1.03. The maximum absolute atomic E-state index is 13.8. The predicted molar refractivity (Wildman–Crippen MR) is 87.9 cm³/mol. The Morgan fingerprint density at radius 3 is 2.92 bits per heavy atom. The number of amides is 1. The lowest BCUT2D eigenvalue weighted by Gasteiger charge is -2.46. The predicted octanol–water partition coefficient (Wildman–Crippen LogP) is 3.41. The van der Waals surface area contributed by atoms with Gasteiger partial charge in [-0.15, -0.1) is 0 Å². The van der Waals surface area contributed by atoms with Crippen molar-refractivity contribution in [3.05, 3.63) is 35.6 Å². The summed E-state index contributed by atoms with van der Waals surface area (Å²) in [7, 11) is 0. The molecule has 2 aliphatic rings. The van der Waals surface area contributed by atoms with Gasteiger partial charge in [-0.2, -0.15) is 4.39 Å². The Labute approximate surface area is 144 Å². The highest BCUT2D eigenvalue weighted by atomic mass is 19.2. The molecule has 1 aliphatic carbocycles. The van der Waals surface area contributed by atoms with E-state index in [4.69, 9.17) is 4.42 Å². The molecule has 3 unspecified atom stereocenters. The molecule has 2 fully saturated rings. The van der Waals surface area contributed by atoms with Gasteiger partial charge in [0.25, 0.3) is 0 Å². The molecule has 3 atom stereocenters. The lowest BCUT2D eigenvalue weighted by Crippen LogP contribution is -2.54. The van der Waals surface area contributed by atoms with Gasteiger partial charge in [0.05, 0.1) is 18.8 Å². The molecule has 4 rings (SSSR count). The molecule has 25 heavy (non-hydrogen) atoms. The lowest BCUT2D eigenvalue weighted by molar-refractivity contribution is -0.140. The second-order valence-corrected chi connectivity index (χ2v) is 7.22. The van der Waals surface area contributed by atoms with E-state index in [1.807, 2.05) is 0 Å². The molecule has 1 saturated carbocycles. The van der Waals surface area contributed by atoms with Crippen LogP contribution in [0.1, 0.15) is 37.7 Å². The summed E-state index contributed by atoms with van der Waals surface area (Å²) in [5.74, 6) is -1.74. The fourth-order valence-electron chi connectivity index (χ4n) is 4.44. The quantitative estimate of drug-likeness (QED) is 0.904. The molecule has 1 aromatic heterocycles. The number of carbonyl (C=O) groups excluding carboxylic acids is 1. The largest absolute Gasteiger partial charge is 0.461 e. The van der Waals surface area contributed by atoms with E-state index in [1.54, 1.807) is 4.90 Å². The number of hydrogen-bond donors (Lipinski definition) is 1. The molecule has 4 nitrogen and oxygen atoms in total. The number of fused-ring (bicyclic) bond motifs is 2. The smallest absolute Gasteiger partial charge is 0.227 e. The molecule has 1 N–H and O–H groups in total. The Morgan fingerprint density at radius 1 is 1.28 bits per heavy atom. The highest BCUT2D eigenvalue weighted by molar-refractivity contribution is 5.88. The van der Waals surface area contributed by atoms with Crippen LogP contribution in [0.2, 0.25) is 0 Å². The zero-order chi connectivity index (χ0) is 17.6. The number of aliphatic hydroxyl groups is 1. The van der Waals surface area contributed by atoms with Gasteiger partial charge in [-0.1, -0.05) is 12.8 Å². The zero-order valence-corrected chi connectivity index (χ0v) is 13.9. The summed E-state index contributed by atoms with van der Waals surface area (Å²) in [5.41, 5.74) is 0.392. The Balaban J connectivity index is 1.58. The van der Waals surface area contributed by atoms with Crippen molar-refractivity contribution in [3.8, 4) is 0 Å². The third kappa shape index (κ3) is 2.92. The van der Waals surface area contributed by atoms with Crippen molar-refractivity contribution in [1.82, 2.24) is 4.90 Å². The van der Waals surface area contributed by atoms with Gasteiger partial charge < -0.3 is 14.4 Å². The summed E-state index contributed by atoms with van der Waals surface area (Å²) in [6.45, 7) is 0.346. The van der Waals surface area contributed by atoms with Crippen LogP contribution in [0.3, 0.4) is 0 Å². The molecular formula is C19H21F2NO3. The molecule has 0 radical (unpaired) electrons. The summed E-state index contributed by atoms with van der Waals surface area (Å²) < 4.78 is 32.2. The average molecular weight is 349 g/mol. The molecule has 1 aliphatic heterocycles. The first-order valence-corrected chi connectivity index (χ1v) is 8.86. The van der Waals surface area contributed by atoms with Crippen molar-refractivity contribution in [2.75, 3.05) is 6.54 Å². The van der Waals surface area contributed by atoms with E-state index >= 15 is 0 Å². The van der Waals surface area contributed by atoms with Gasteiger partial charge in [0.15, 0.2) is 11.4 Å². The van der Waals surface area contributed by atoms with Gasteiger partial charge in [-0.25, -0.2) is 4.39 Å². The molecule has 1 saturated heterocycles. The zero-order valence-electron chi connectivity index (χ0n) is 13.9. The summed E-state index contributed by atoms with van der Waals surface area (Å²) in [5, 5.41) is 10.5. The van der Waals surface area contributed by atoms with Crippen LogP contribution >= 0.6 is 0 Å². The van der Waals surface area contributed by atoms with Crippen LogP contribution in [0.25, 0.3) is 11.0 Å². The van der Waals surface area contributed by atoms with Crippen LogP contribution < -0.4 is 0 Å². The summed E-state index contributed by atoms with van der Waals surface area (Å²) in [6.07, 6.45) is 5.91. The highest BCUT2D eigenvalue weighted by Gasteiger charge is 2.39. The summed E-state index contributed by atoms with van der Waals surface area (Å²) >= 11 is 0. The number of aliphatic hydroxyl groups excluding tert-OH is 1. The number of halogens is 2. The average Bonchev–Trinajstić information content (AvgIpc) is 3.00. The standard InChI is InChI=1S/C19H21F2NO3/c20-15-6-5-14-12(10-25-19(14)18(15)21)8-17(24)22-9-13(23)7-11-3-1-2-4-16(11)22/h5-6,10-11,13,16,23H,1-4,7-9H2. The Bertz CT molecular complexity index is 803. The maximum atomic E-state index is 13.8. The second-order valence-electron chi connectivity index (χ2n) is 7.22. The van der Waals surface area contributed by atoms with Crippen LogP contribution in [-0.4, -0.2) is 34.6 Å². The van der Waals surface area contributed by atoms with E-state index in [2.05, 4.69) is 0 Å². The number of β-amino-alcohol motifs (C(OH)–C–C–N with tert-alkyl or cyclic N) is 1. The fourth-order valence-corrected chi connectivity index (χ4v) is 4.44. The van der Waals surface area contributed by atoms with Crippen LogP contribution in [0, 0.1) is 17.6 Å². The van der Waals surface area contributed by atoms with E-state index in [-0.39, 0.29) is 24.0 Å². The van der Waals surface area contributed by atoms with Gasteiger partial charge in [0.1, 0.15) is 0 Å². The van der Waals surface area contributed by atoms with E-state index in [1.165, 1.54) is 12.3 Å². The Hall–Kier alpha value is -1.95. The molecule has 1 aromatic carbocycles. The summed E-state index contributed by atoms with van der Waals surface area (Å²) in [6, 6.07) is 2.66. The van der Waals surface area contributed by atoms with Crippen molar-refractivity contribution >= 4 is 16.9 Å². The fraction of sp³-hybridized carbons (Fsp3) is 0.526. The number of hydrogen-bond acceptors (Lipinski definition) is 3. The number of rotatable bonds is 2. The van der Waals surface area contributed by atoms with E-state index in [0.717, 1.165) is 38.2 Å². The number of furan rings is 1. The third-order valence-corrected chi connectivity index (χ3v) is 5.63. The Morgan fingerprint density at radius 2 is 2.08 bits per heavy atom. The first kappa shape index (κ1) is 16.5. The van der Waals surface area contributed by atoms with Crippen molar-refractivity contribution < 1.29 is 23.1 Å². The third-order valence-electron chi connectivity index (χ3n) is 5.63. The molecule has 0 bridgehead atoms. The minimum Gasteiger partial charge on any atom is -0.461 e. The Kier molecular flexibility index (Phi) is 4.23. The highest BCUT2D eigenvalue weighted by Crippen LogP contribution is 2.36. The van der Waals surface area contributed by atoms with Crippen LogP contribution in [0.5, 0.6) is 0 Å². The van der Waals surface area contributed by atoms with Crippen molar-refractivity contribution in [1.29, 1.82) is 0 Å². The monoisotopic (exact) mass is 349 g/mol. The summed E-state index contributed by atoms with van der Waals surface area (Å²) in [4.78, 5) is 14.7. The molecule has 1 amide bonds. The van der Waals surface area contributed by atoms with E-state index in [9.17, 15) is 18.7 Å². The normalized spacial score (nSPS) is 26.7. The first-order chi connectivity index (χ1) is 12.0. The SMILES string of the molecule is O=C(Cc1coc2c(F)c(F)ccc12)N1CC(O)CC2CCCCC21. The van der Waals surface area contributed by atoms with Crippen LogP contribution in [0.4, 0.5) is 8.78 Å². The number of nitrogens with zero attached hydrogens (tertiary/aromatic N) is 1. The van der Waals surface area contributed by atoms with Crippen LogP contribution in [-0.2, 0) is 11.2 Å².